The molecule has 1 aromatic carbocycles. The standard InChI is InChI=1S/C26H16Br2N4/c27-16-7-15(8-17(28)9-16)25-13-24-12-22-4-3-20(30-22)10-18-1-2-19(29-18)11-21-5-6-23(31-21)14-26(25)32-24/h1-14,30,32H. The molecule has 5 heterocycles. The highest BCUT2D eigenvalue weighted by Gasteiger charge is 2.08. The van der Waals surface area contributed by atoms with Gasteiger partial charge in [-0.15, -0.1) is 0 Å². The van der Waals surface area contributed by atoms with Crippen molar-refractivity contribution in [2.45, 2.75) is 0 Å². The van der Waals surface area contributed by atoms with Crippen LogP contribution >= 0.6 is 31.9 Å². The Bertz CT molecular complexity index is 1590. The van der Waals surface area contributed by atoms with Crippen molar-refractivity contribution < 1.29 is 0 Å². The lowest BCUT2D eigenvalue weighted by Crippen LogP contribution is -1.79. The van der Waals surface area contributed by atoms with E-state index in [-0.39, 0.29) is 0 Å². The second-order valence-corrected chi connectivity index (χ2v) is 9.58. The molecule has 0 unspecified atom stereocenters. The molecule has 2 aliphatic rings. The number of halogens is 2. The van der Waals surface area contributed by atoms with E-state index in [4.69, 9.17) is 4.98 Å². The van der Waals surface area contributed by atoms with Crippen LogP contribution in [0.5, 0.6) is 0 Å². The van der Waals surface area contributed by atoms with E-state index >= 15 is 0 Å². The van der Waals surface area contributed by atoms with Crippen LogP contribution in [-0.2, 0) is 0 Å². The van der Waals surface area contributed by atoms with Gasteiger partial charge in [0, 0.05) is 36.6 Å². The Hall–Kier alpha value is -3.22. The maximum absolute atomic E-state index is 4.77. The first-order valence-electron chi connectivity index (χ1n) is 10.1. The lowest BCUT2D eigenvalue weighted by molar-refractivity contribution is 1.28. The molecule has 4 nitrogen and oxygen atoms in total. The van der Waals surface area contributed by atoms with Crippen LogP contribution in [0.3, 0.4) is 0 Å². The van der Waals surface area contributed by atoms with Gasteiger partial charge < -0.3 is 9.97 Å². The van der Waals surface area contributed by atoms with Crippen LogP contribution in [0.2, 0.25) is 0 Å². The van der Waals surface area contributed by atoms with Gasteiger partial charge in [0.25, 0.3) is 0 Å². The Labute approximate surface area is 201 Å². The minimum Gasteiger partial charge on any atom is -0.355 e. The topological polar surface area (TPSA) is 57.4 Å². The highest BCUT2D eigenvalue weighted by atomic mass is 79.9. The Morgan fingerprint density at radius 3 is 1.81 bits per heavy atom. The van der Waals surface area contributed by atoms with E-state index in [1.807, 2.05) is 42.5 Å². The van der Waals surface area contributed by atoms with Crippen molar-refractivity contribution in [3.8, 4) is 11.1 Å². The number of rotatable bonds is 1. The fourth-order valence-electron chi connectivity index (χ4n) is 3.97. The maximum Gasteiger partial charge on any atom is 0.0659 e. The van der Waals surface area contributed by atoms with Gasteiger partial charge >= 0.3 is 0 Å². The molecule has 0 radical (unpaired) electrons. The summed E-state index contributed by atoms with van der Waals surface area (Å²) in [5.41, 5.74) is 9.86. The van der Waals surface area contributed by atoms with Crippen molar-refractivity contribution in [1.82, 2.24) is 19.9 Å². The van der Waals surface area contributed by atoms with Gasteiger partial charge in [-0.2, -0.15) is 0 Å². The van der Waals surface area contributed by atoms with Gasteiger partial charge in [-0.1, -0.05) is 31.9 Å². The summed E-state index contributed by atoms with van der Waals surface area (Å²) in [7, 11) is 0. The van der Waals surface area contributed by atoms with Crippen molar-refractivity contribution in [3.63, 3.8) is 0 Å². The summed E-state index contributed by atoms with van der Waals surface area (Å²) in [6.07, 6.45) is 8.08. The summed E-state index contributed by atoms with van der Waals surface area (Å²) in [4.78, 5) is 16.5. The normalized spacial score (nSPS) is 12.4. The van der Waals surface area contributed by atoms with Gasteiger partial charge in [0.1, 0.15) is 0 Å². The second kappa shape index (κ2) is 7.73. The Balaban J connectivity index is 1.68. The first-order valence-corrected chi connectivity index (χ1v) is 11.7. The number of aromatic nitrogens is 4. The van der Waals surface area contributed by atoms with E-state index in [1.165, 1.54) is 0 Å². The zero-order valence-corrected chi connectivity index (χ0v) is 19.9. The molecule has 0 spiro atoms. The Kier molecular flexibility index (Phi) is 4.70. The molecule has 6 rings (SSSR count). The monoisotopic (exact) mass is 542 g/mol. The predicted octanol–water partition coefficient (Wildman–Crippen LogP) is 7.85. The molecular formula is C26H16Br2N4. The van der Waals surface area contributed by atoms with E-state index in [0.717, 1.165) is 64.9 Å². The van der Waals surface area contributed by atoms with Gasteiger partial charge in [-0.25, -0.2) is 9.97 Å². The first-order chi connectivity index (χ1) is 15.6. The second-order valence-electron chi connectivity index (χ2n) is 7.75. The number of nitrogens with one attached hydrogen (secondary N) is 2. The number of H-pyrrole nitrogens is 2. The largest absolute Gasteiger partial charge is 0.355 e. The molecule has 8 bridgehead atoms. The zero-order chi connectivity index (χ0) is 21.7. The third-order valence-electron chi connectivity index (χ3n) is 5.34. The molecular weight excluding hydrogens is 528 g/mol. The van der Waals surface area contributed by atoms with E-state index in [9.17, 15) is 0 Å². The Morgan fingerprint density at radius 1 is 0.531 bits per heavy atom. The molecule has 0 aliphatic carbocycles. The molecule has 0 saturated heterocycles. The lowest BCUT2D eigenvalue weighted by atomic mass is 10.1. The van der Waals surface area contributed by atoms with E-state index in [1.54, 1.807) is 0 Å². The number of hydrogen-bond donors (Lipinski definition) is 2. The number of fused-ring (bicyclic) bond motifs is 8. The lowest BCUT2D eigenvalue weighted by Gasteiger charge is -2.02. The van der Waals surface area contributed by atoms with Crippen molar-refractivity contribution in [3.05, 3.63) is 92.4 Å². The van der Waals surface area contributed by atoms with E-state index in [0.29, 0.717) is 0 Å². The predicted molar refractivity (Wildman–Crippen MR) is 140 cm³/mol. The SMILES string of the molecule is Brc1cc(Br)cc(-c2cc3cc4ccc(cc5nc(cc6nc(cc2[nH]3)C=C6)C=C5)[nH]4)c1. The van der Waals surface area contributed by atoms with E-state index in [2.05, 4.69) is 89.3 Å². The summed E-state index contributed by atoms with van der Waals surface area (Å²) in [6, 6.07) is 20.8. The fourth-order valence-corrected chi connectivity index (χ4v) is 5.26. The summed E-state index contributed by atoms with van der Waals surface area (Å²) in [6.45, 7) is 0. The average molecular weight is 544 g/mol. The minimum atomic E-state index is 0.889. The van der Waals surface area contributed by atoms with Crippen LogP contribution in [-0.4, -0.2) is 19.9 Å². The average Bonchev–Trinajstić information content (AvgIpc) is 3.52. The van der Waals surface area contributed by atoms with Gasteiger partial charge in [-0.05, 0) is 90.5 Å². The maximum atomic E-state index is 4.77. The number of aromatic amines is 2. The zero-order valence-electron chi connectivity index (χ0n) is 16.7. The number of nitrogens with zero attached hydrogens (tertiary/aromatic N) is 2. The molecule has 32 heavy (non-hydrogen) atoms. The van der Waals surface area contributed by atoms with Crippen LogP contribution in [0.1, 0.15) is 22.8 Å². The third-order valence-corrected chi connectivity index (χ3v) is 6.26. The smallest absolute Gasteiger partial charge is 0.0659 e. The van der Waals surface area contributed by atoms with Crippen LogP contribution < -0.4 is 0 Å². The van der Waals surface area contributed by atoms with Crippen molar-refractivity contribution in [1.29, 1.82) is 0 Å². The van der Waals surface area contributed by atoms with Crippen LogP contribution in [0.4, 0.5) is 0 Å². The molecule has 4 aromatic rings. The summed E-state index contributed by atoms with van der Waals surface area (Å²) in [5, 5.41) is 0. The van der Waals surface area contributed by atoms with Gasteiger partial charge in [0.05, 0.1) is 22.8 Å². The van der Waals surface area contributed by atoms with Crippen LogP contribution in [0.15, 0.2) is 69.6 Å². The highest BCUT2D eigenvalue weighted by molar-refractivity contribution is 9.11. The number of hydrogen-bond acceptors (Lipinski definition) is 2. The highest BCUT2D eigenvalue weighted by Crippen LogP contribution is 2.32. The summed E-state index contributed by atoms with van der Waals surface area (Å²) >= 11 is 7.23. The third kappa shape index (κ3) is 3.87. The van der Waals surface area contributed by atoms with E-state index < -0.39 is 0 Å². The van der Waals surface area contributed by atoms with Gasteiger partial charge in [0.15, 0.2) is 0 Å². The van der Waals surface area contributed by atoms with Crippen molar-refractivity contribution in [2.75, 3.05) is 0 Å². The molecule has 0 fully saturated rings. The molecule has 154 valence electrons. The molecule has 6 heteroatoms. The Morgan fingerprint density at radius 2 is 1.12 bits per heavy atom. The van der Waals surface area contributed by atoms with Crippen molar-refractivity contribution >= 4 is 78.2 Å². The van der Waals surface area contributed by atoms with Crippen LogP contribution in [0.25, 0.3) is 57.5 Å². The van der Waals surface area contributed by atoms with Crippen molar-refractivity contribution in [2.24, 2.45) is 0 Å². The quantitative estimate of drug-likeness (QED) is 0.222. The molecule has 2 N–H and O–H groups in total. The molecule has 2 aliphatic heterocycles. The molecule has 0 amide bonds. The molecule has 3 aromatic heterocycles. The minimum absolute atomic E-state index is 0.889. The molecule has 0 saturated carbocycles. The first kappa shape index (κ1) is 19.5. The summed E-state index contributed by atoms with van der Waals surface area (Å²) in [5.74, 6) is 0. The van der Waals surface area contributed by atoms with Gasteiger partial charge in [-0.3, -0.25) is 0 Å². The summed E-state index contributed by atoms with van der Waals surface area (Å²) < 4.78 is 2.04. The van der Waals surface area contributed by atoms with Crippen LogP contribution in [0, 0.1) is 0 Å². The van der Waals surface area contributed by atoms with Gasteiger partial charge in [0.2, 0.25) is 0 Å². The molecule has 0 atom stereocenters. The fraction of sp³-hybridized carbons (Fsp3) is 0. The number of benzene rings is 1.